The highest BCUT2D eigenvalue weighted by Crippen LogP contribution is 2.25. The Kier molecular flexibility index (Phi) is 4.35. The second-order valence-corrected chi connectivity index (χ2v) is 6.14. The van der Waals surface area contributed by atoms with E-state index in [0.717, 1.165) is 30.2 Å². The van der Waals surface area contributed by atoms with Crippen molar-refractivity contribution in [2.24, 2.45) is 0 Å². The molecule has 0 saturated carbocycles. The smallest absolute Gasteiger partial charge is 0.249 e. The van der Waals surface area contributed by atoms with Crippen LogP contribution in [0.15, 0.2) is 59.6 Å². The quantitative estimate of drug-likeness (QED) is 0.534. The third-order valence-corrected chi connectivity index (χ3v) is 4.33. The van der Waals surface area contributed by atoms with E-state index in [9.17, 15) is 0 Å². The molecule has 7 heteroatoms. The molecule has 0 saturated heterocycles. The number of aryl methyl sites for hydroxylation is 1. The Morgan fingerprint density at radius 2 is 2.08 bits per heavy atom. The fraction of sp³-hybridized carbons (Fsp3) is 0.263. The van der Waals surface area contributed by atoms with Crippen molar-refractivity contribution in [3.8, 4) is 11.4 Å². The highest BCUT2D eigenvalue weighted by molar-refractivity contribution is 5.57. The van der Waals surface area contributed by atoms with Crippen molar-refractivity contribution in [3.05, 3.63) is 72.4 Å². The van der Waals surface area contributed by atoms with Crippen LogP contribution in [-0.4, -0.2) is 29.5 Å². The summed E-state index contributed by atoms with van der Waals surface area (Å²) in [5, 5.41) is 8.26. The van der Waals surface area contributed by atoms with Gasteiger partial charge in [0.1, 0.15) is 11.9 Å². The van der Waals surface area contributed by atoms with Crippen molar-refractivity contribution >= 4 is 0 Å². The minimum Gasteiger partial charge on any atom is -0.337 e. The molecule has 0 spiro atoms. The molecule has 26 heavy (non-hydrogen) atoms. The van der Waals surface area contributed by atoms with Crippen LogP contribution in [-0.2, 0) is 13.0 Å². The highest BCUT2D eigenvalue weighted by Gasteiger charge is 2.19. The first kappa shape index (κ1) is 16.3. The predicted octanol–water partition coefficient (Wildman–Crippen LogP) is 3.35. The number of benzene rings is 1. The van der Waals surface area contributed by atoms with Gasteiger partial charge in [-0.15, -0.1) is 0 Å². The van der Waals surface area contributed by atoms with E-state index in [1.165, 1.54) is 5.56 Å². The Bertz CT molecular complexity index is 985. The first-order valence-electron chi connectivity index (χ1n) is 8.66. The first-order chi connectivity index (χ1) is 12.7. The monoisotopic (exact) mass is 348 g/mol. The number of nitrogens with zero attached hydrogens (tertiary/aromatic N) is 6. The van der Waals surface area contributed by atoms with Gasteiger partial charge in [0.25, 0.3) is 0 Å². The molecule has 3 aromatic heterocycles. The minimum absolute atomic E-state index is 0.0879. The molecular weight excluding hydrogens is 328 g/mol. The van der Waals surface area contributed by atoms with E-state index in [4.69, 9.17) is 4.52 Å². The van der Waals surface area contributed by atoms with Gasteiger partial charge in [0, 0.05) is 36.8 Å². The molecule has 0 bridgehead atoms. The maximum atomic E-state index is 5.40. The average molecular weight is 348 g/mol. The van der Waals surface area contributed by atoms with E-state index in [1.807, 2.05) is 43.1 Å². The van der Waals surface area contributed by atoms with Crippen LogP contribution < -0.4 is 0 Å². The fourth-order valence-electron chi connectivity index (χ4n) is 2.94. The zero-order valence-corrected chi connectivity index (χ0v) is 14.8. The van der Waals surface area contributed by atoms with Crippen molar-refractivity contribution in [1.29, 1.82) is 0 Å². The molecule has 1 aromatic carbocycles. The Hall–Kier alpha value is -3.22. The van der Waals surface area contributed by atoms with Gasteiger partial charge in [-0.3, -0.25) is 4.68 Å². The van der Waals surface area contributed by atoms with E-state index in [2.05, 4.69) is 43.0 Å². The van der Waals surface area contributed by atoms with Crippen molar-refractivity contribution in [2.45, 2.75) is 32.9 Å². The third-order valence-electron chi connectivity index (χ3n) is 4.33. The Balaban J connectivity index is 1.64. The molecule has 0 radical (unpaired) electrons. The lowest BCUT2D eigenvalue weighted by atomic mass is 10.1. The summed E-state index contributed by atoms with van der Waals surface area (Å²) in [4.78, 5) is 9.00. The van der Waals surface area contributed by atoms with Crippen LogP contribution in [0.4, 0.5) is 0 Å². The third kappa shape index (κ3) is 3.15. The molecule has 0 aliphatic carbocycles. The van der Waals surface area contributed by atoms with Crippen molar-refractivity contribution in [1.82, 2.24) is 29.5 Å². The number of hydrogen-bond acceptors (Lipinski definition) is 5. The van der Waals surface area contributed by atoms with Crippen molar-refractivity contribution in [3.63, 3.8) is 0 Å². The van der Waals surface area contributed by atoms with Crippen LogP contribution in [0.5, 0.6) is 0 Å². The van der Waals surface area contributed by atoms with Gasteiger partial charge in [-0.2, -0.15) is 10.1 Å². The largest absolute Gasteiger partial charge is 0.337 e. The van der Waals surface area contributed by atoms with Gasteiger partial charge in [0.15, 0.2) is 5.82 Å². The number of aromatic nitrogens is 6. The topological polar surface area (TPSA) is 74.6 Å². The van der Waals surface area contributed by atoms with Gasteiger partial charge < -0.3 is 9.09 Å². The normalized spacial score (nSPS) is 12.4. The molecule has 0 aliphatic rings. The minimum atomic E-state index is -0.0879. The van der Waals surface area contributed by atoms with Crippen LogP contribution in [0.25, 0.3) is 11.4 Å². The van der Waals surface area contributed by atoms with E-state index < -0.39 is 0 Å². The molecule has 0 aliphatic heterocycles. The molecule has 0 N–H and O–H groups in total. The van der Waals surface area contributed by atoms with E-state index in [0.29, 0.717) is 5.89 Å². The van der Waals surface area contributed by atoms with Crippen LogP contribution in [0.3, 0.4) is 0 Å². The molecule has 7 nitrogen and oxygen atoms in total. The SMILES string of the molecule is CCc1noc([C@H](C)n2ccnc2-c2cccc(Cn3cccn3)c2)n1. The van der Waals surface area contributed by atoms with Gasteiger partial charge in [-0.1, -0.05) is 30.3 Å². The molecule has 0 unspecified atom stereocenters. The summed E-state index contributed by atoms with van der Waals surface area (Å²) >= 11 is 0. The Morgan fingerprint density at radius 1 is 1.15 bits per heavy atom. The Morgan fingerprint density at radius 3 is 2.85 bits per heavy atom. The van der Waals surface area contributed by atoms with E-state index in [1.54, 1.807) is 12.4 Å². The van der Waals surface area contributed by atoms with Crippen molar-refractivity contribution < 1.29 is 4.52 Å². The summed E-state index contributed by atoms with van der Waals surface area (Å²) in [6, 6.07) is 10.2. The second kappa shape index (κ2) is 6.95. The van der Waals surface area contributed by atoms with Gasteiger partial charge in [0.05, 0.1) is 6.54 Å². The predicted molar refractivity (Wildman–Crippen MR) is 96.5 cm³/mol. The summed E-state index contributed by atoms with van der Waals surface area (Å²) < 4.78 is 9.36. The van der Waals surface area contributed by atoms with Gasteiger partial charge in [0.2, 0.25) is 5.89 Å². The van der Waals surface area contributed by atoms with Crippen LogP contribution >= 0.6 is 0 Å². The lowest BCUT2D eigenvalue weighted by Crippen LogP contribution is -2.08. The molecule has 4 aromatic rings. The van der Waals surface area contributed by atoms with Gasteiger partial charge in [-0.25, -0.2) is 4.98 Å². The van der Waals surface area contributed by atoms with Gasteiger partial charge >= 0.3 is 0 Å². The molecular formula is C19H20N6O. The zero-order chi connectivity index (χ0) is 17.9. The highest BCUT2D eigenvalue weighted by atomic mass is 16.5. The van der Waals surface area contributed by atoms with Crippen LogP contribution in [0, 0.1) is 0 Å². The molecule has 3 heterocycles. The molecule has 0 fully saturated rings. The van der Waals surface area contributed by atoms with Gasteiger partial charge in [-0.05, 0) is 24.6 Å². The number of rotatable bonds is 6. The zero-order valence-electron chi connectivity index (χ0n) is 14.8. The Labute approximate surface area is 151 Å². The van der Waals surface area contributed by atoms with E-state index in [-0.39, 0.29) is 6.04 Å². The molecule has 4 rings (SSSR count). The number of imidazole rings is 1. The summed E-state index contributed by atoms with van der Waals surface area (Å²) in [6.07, 6.45) is 8.23. The molecule has 0 amide bonds. The summed E-state index contributed by atoms with van der Waals surface area (Å²) in [5.41, 5.74) is 2.21. The number of hydrogen-bond donors (Lipinski definition) is 0. The first-order valence-corrected chi connectivity index (χ1v) is 8.66. The standard InChI is InChI=1S/C19H20N6O/c1-3-17-22-19(26-23-17)14(2)25-11-9-20-18(25)16-7-4-6-15(12-16)13-24-10-5-8-21-24/h4-12,14H,3,13H2,1-2H3/t14-/m0/s1. The molecule has 132 valence electrons. The maximum Gasteiger partial charge on any atom is 0.249 e. The molecule has 1 atom stereocenters. The van der Waals surface area contributed by atoms with Crippen LogP contribution in [0.2, 0.25) is 0 Å². The summed E-state index contributed by atoms with van der Waals surface area (Å²) in [6.45, 7) is 4.76. The van der Waals surface area contributed by atoms with Crippen LogP contribution in [0.1, 0.15) is 37.2 Å². The fourth-order valence-corrected chi connectivity index (χ4v) is 2.94. The lowest BCUT2D eigenvalue weighted by molar-refractivity contribution is 0.343. The summed E-state index contributed by atoms with van der Waals surface area (Å²) in [5.74, 6) is 2.18. The summed E-state index contributed by atoms with van der Waals surface area (Å²) in [7, 11) is 0. The lowest BCUT2D eigenvalue weighted by Gasteiger charge is -2.13. The second-order valence-electron chi connectivity index (χ2n) is 6.14. The maximum absolute atomic E-state index is 5.40. The van der Waals surface area contributed by atoms with Crippen molar-refractivity contribution in [2.75, 3.05) is 0 Å². The van der Waals surface area contributed by atoms with E-state index >= 15 is 0 Å². The average Bonchev–Trinajstić information content (AvgIpc) is 3.42.